The number of ether oxygens (including phenoxy) is 1. The minimum absolute atomic E-state index is 0.0234. The highest BCUT2D eigenvalue weighted by Gasteiger charge is 2.50. The Kier molecular flexibility index (Phi) is 19.0. The van der Waals surface area contributed by atoms with E-state index < -0.39 is 90.5 Å². The van der Waals surface area contributed by atoms with E-state index in [0.29, 0.717) is 31.4 Å². The first-order valence-electron chi connectivity index (χ1n) is 17.7. The number of nitrogens with two attached hydrogens (primary N) is 1. The minimum Gasteiger partial charge on any atom is -0.481 e. The summed E-state index contributed by atoms with van der Waals surface area (Å²) in [5.41, 5.74) is 4.23. The van der Waals surface area contributed by atoms with Crippen LogP contribution in [-0.4, -0.2) is 134 Å². The van der Waals surface area contributed by atoms with Crippen molar-refractivity contribution in [1.82, 2.24) is 30.2 Å². The van der Waals surface area contributed by atoms with Gasteiger partial charge in [0.05, 0.1) is 19.5 Å². The number of hydrogen-bond donors (Lipinski definition) is 10. The third kappa shape index (κ3) is 16.8. The molecule has 0 bridgehead atoms. The van der Waals surface area contributed by atoms with Crippen LogP contribution in [0.1, 0.15) is 65.0 Å². The molecule has 2 aromatic heterocycles. The van der Waals surface area contributed by atoms with E-state index in [0.717, 1.165) is 35.4 Å². The molecule has 30 heteroatoms. The molecule has 0 radical (unpaired) electrons. The van der Waals surface area contributed by atoms with Crippen molar-refractivity contribution >= 4 is 75.1 Å². The maximum atomic E-state index is 12.7. The summed E-state index contributed by atoms with van der Waals surface area (Å²) in [5.74, 6) is -2.06. The second kappa shape index (κ2) is 22.2. The number of carboxylic acids is 1. The monoisotopic (exact) mass is 923 g/mol. The number of aromatic nitrogens is 4. The summed E-state index contributed by atoms with van der Waals surface area (Å²) in [4.78, 5) is 98.1. The van der Waals surface area contributed by atoms with Gasteiger partial charge in [0.2, 0.25) is 11.8 Å². The molecule has 0 spiro atoms. The summed E-state index contributed by atoms with van der Waals surface area (Å²) in [6.07, 6.45) is -3.96. The number of carbonyl (C=O) groups excluding carboxylic acids is 3. The molecule has 3 heterocycles. The number of phosphoric acid groups is 3. The van der Waals surface area contributed by atoms with Gasteiger partial charge in [-0.05, 0) is 12.8 Å². The number of carbonyl (C=O) groups is 4. The molecule has 3 rings (SSSR count). The Labute approximate surface area is 340 Å². The maximum Gasteiger partial charge on any atom is 0.481 e. The first kappa shape index (κ1) is 50.4. The molecule has 1 aliphatic heterocycles. The van der Waals surface area contributed by atoms with Crippen LogP contribution in [-0.2, 0) is 55.5 Å². The third-order valence-electron chi connectivity index (χ3n) is 8.29. The first-order valence-corrected chi connectivity index (χ1v) is 23.2. The maximum absolute atomic E-state index is 12.7. The first-order chi connectivity index (χ1) is 27.4. The lowest BCUT2D eigenvalue weighted by atomic mass is 9.87. The molecule has 2 unspecified atom stereocenters. The van der Waals surface area contributed by atoms with E-state index in [4.69, 9.17) is 24.6 Å². The highest BCUT2D eigenvalue weighted by atomic mass is 32.2. The highest BCUT2D eigenvalue weighted by molar-refractivity contribution is 8.13. The van der Waals surface area contributed by atoms with Crippen LogP contribution in [0.2, 0.25) is 0 Å². The zero-order valence-corrected chi connectivity index (χ0v) is 35.2. The number of nitrogen functional groups attached to an aromatic ring is 1. The number of fused-ring (bicyclic) bond motifs is 1. The number of anilines is 1. The van der Waals surface area contributed by atoms with Gasteiger partial charge < -0.3 is 56.0 Å². The van der Waals surface area contributed by atoms with Crippen LogP contribution in [0.5, 0.6) is 0 Å². The minimum atomic E-state index is -5.58. The fraction of sp³-hybridized carbons (Fsp3) is 0.690. The standard InChI is InChI=1S/C29H48N7O19P3S/c1-29(2,24(42)27(43)32-10-9-18(37)31-11-12-59-20(40)8-6-4-3-5-7-19(38)39)14-52-58(49,50)55-57(47,48)51-13-17-23(54-56(44,45)46)22(41)28(53-17)36-16-35-21-25(30)33-15-34-26(21)36/h15-17,22-24,28,41-42H,3-14H2,1-2H3,(H,31,37)(H,32,43)(H,38,39)(H,47,48)(H,49,50)(H2,30,33,34)(H2,44,45,46)/t17-,22-,23-,24+,28-/m1/s1. The molecule has 2 aromatic rings. The van der Waals surface area contributed by atoms with Crippen LogP contribution >= 0.6 is 35.2 Å². The van der Waals surface area contributed by atoms with Crippen molar-refractivity contribution in [3.8, 4) is 0 Å². The molecule has 7 atom stereocenters. The number of nitrogens with one attached hydrogen (secondary N) is 2. The average molecular weight is 924 g/mol. The summed E-state index contributed by atoms with van der Waals surface area (Å²) < 4.78 is 62.1. The molecular formula is C29H48N7O19P3S. The summed E-state index contributed by atoms with van der Waals surface area (Å²) in [5, 5.41) is 34.9. The Morgan fingerprint density at radius 3 is 2.29 bits per heavy atom. The zero-order valence-electron chi connectivity index (χ0n) is 31.7. The number of aliphatic hydroxyl groups is 2. The smallest absolute Gasteiger partial charge is 0.481 e. The number of rotatable bonds is 26. The second-order valence-electron chi connectivity index (χ2n) is 13.6. The Bertz CT molecular complexity index is 1920. The lowest BCUT2D eigenvalue weighted by Gasteiger charge is -2.30. The van der Waals surface area contributed by atoms with Crippen LogP contribution in [0, 0.1) is 5.41 Å². The largest absolute Gasteiger partial charge is 0.481 e. The number of unbranched alkanes of at least 4 members (excludes halogenated alkanes) is 3. The van der Waals surface area contributed by atoms with Crippen molar-refractivity contribution in [2.24, 2.45) is 5.41 Å². The number of aliphatic hydroxyl groups excluding tert-OH is 2. The normalized spacial score (nSPS) is 21.1. The van der Waals surface area contributed by atoms with E-state index >= 15 is 0 Å². The molecule has 1 saturated heterocycles. The van der Waals surface area contributed by atoms with Gasteiger partial charge in [0.1, 0.15) is 36.3 Å². The SMILES string of the molecule is CC(C)(COP(=O)(O)OP(=O)(O)OC[C@H]1O[C@@H](n2cnc3c(N)ncnc32)[C@H](O)[C@@H]1OP(=O)(O)O)[C@@H](O)C(=O)NCCC(=O)NCCSC(=O)CCCCCCC(=O)O. The Morgan fingerprint density at radius 2 is 1.63 bits per heavy atom. The van der Waals surface area contributed by atoms with Crippen LogP contribution in [0.15, 0.2) is 12.7 Å². The third-order valence-corrected chi connectivity index (χ3v) is 12.3. The van der Waals surface area contributed by atoms with Crippen molar-refractivity contribution in [3.05, 3.63) is 12.7 Å². The molecule has 0 aromatic carbocycles. The van der Waals surface area contributed by atoms with Gasteiger partial charge >= 0.3 is 29.4 Å². The number of nitrogens with zero attached hydrogens (tertiary/aromatic N) is 4. The van der Waals surface area contributed by atoms with Gasteiger partial charge in [0.15, 0.2) is 22.8 Å². The van der Waals surface area contributed by atoms with Crippen LogP contribution in [0.4, 0.5) is 5.82 Å². The molecule has 0 aliphatic carbocycles. The van der Waals surface area contributed by atoms with Crippen LogP contribution < -0.4 is 16.4 Å². The fourth-order valence-corrected chi connectivity index (χ4v) is 8.82. The number of aliphatic carboxylic acids is 1. The Balaban J connectivity index is 1.42. The molecule has 334 valence electrons. The number of imidazole rings is 1. The highest BCUT2D eigenvalue weighted by Crippen LogP contribution is 2.61. The number of thioether (sulfide) groups is 1. The molecule has 11 N–H and O–H groups in total. The van der Waals surface area contributed by atoms with Crippen LogP contribution in [0.25, 0.3) is 11.2 Å². The van der Waals surface area contributed by atoms with Gasteiger partial charge in [-0.2, -0.15) is 4.31 Å². The van der Waals surface area contributed by atoms with Gasteiger partial charge in [-0.3, -0.25) is 37.3 Å². The van der Waals surface area contributed by atoms with E-state index in [-0.39, 0.29) is 48.0 Å². The van der Waals surface area contributed by atoms with E-state index in [9.17, 15) is 62.7 Å². The predicted octanol–water partition coefficient (Wildman–Crippen LogP) is 0.0899. The number of amides is 2. The quantitative estimate of drug-likeness (QED) is 0.0441. The second-order valence-corrected chi connectivity index (χ2v) is 19.0. The lowest BCUT2D eigenvalue weighted by Crippen LogP contribution is -2.46. The number of hydrogen-bond acceptors (Lipinski definition) is 19. The number of phosphoric ester groups is 3. The summed E-state index contributed by atoms with van der Waals surface area (Å²) in [6, 6.07) is 0. The summed E-state index contributed by atoms with van der Waals surface area (Å²) in [6.45, 7) is 0.384. The molecule has 2 amide bonds. The Morgan fingerprint density at radius 1 is 0.966 bits per heavy atom. The molecule has 1 aliphatic rings. The van der Waals surface area contributed by atoms with Gasteiger partial charge in [-0.1, -0.05) is 38.5 Å². The number of carboxylic acid groups (broad SMARTS) is 1. The predicted molar refractivity (Wildman–Crippen MR) is 202 cm³/mol. The van der Waals surface area contributed by atoms with E-state index in [2.05, 4.69) is 34.4 Å². The van der Waals surface area contributed by atoms with Gasteiger partial charge in [0, 0.05) is 43.5 Å². The molecule has 59 heavy (non-hydrogen) atoms. The summed E-state index contributed by atoms with van der Waals surface area (Å²) in [7, 11) is -16.4. The average Bonchev–Trinajstić information content (AvgIpc) is 3.69. The molecule has 26 nitrogen and oxygen atoms in total. The topological polar surface area (TPSA) is 401 Å². The molecule has 0 saturated carbocycles. The molecular weight excluding hydrogens is 875 g/mol. The van der Waals surface area contributed by atoms with E-state index in [1.807, 2.05) is 0 Å². The van der Waals surface area contributed by atoms with Crippen LogP contribution in [0.3, 0.4) is 0 Å². The van der Waals surface area contributed by atoms with Gasteiger partial charge in [-0.15, -0.1) is 0 Å². The molecule has 1 fully saturated rings. The van der Waals surface area contributed by atoms with Crippen molar-refractivity contribution in [3.63, 3.8) is 0 Å². The van der Waals surface area contributed by atoms with Crippen molar-refractivity contribution in [2.75, 3.05) is 37.8 Å². The fourth-order valence-electron chi connectivity index (χ4n) is 5.27. The lowest BCUT2D eigenvalue weighted by molar-refractivity contribution is -0.137. The van der Waals surface area contributed by atoms with E-state index in [1.54, 1.807) is 0 Å². The van der Waals surface area contributed by atoms with E-state index in [1.165, 1.54) is 13.8 Å². The van der Waals surface area contributed by atoms with Crippen molar-refractivity contribution in [2.45, 2.75) is 89.4 Å². The van der Waals surface area contributed by atoms with Crippen molar-refractivity contribution in [1.29, 1.82) is 0 Å². The van der Waals surface area contributed by atoms with Gasteiger partial charge in [-0.25, -0.2) is 28.6 Å². The Hall–Kier alpha value is -2.97. The zero-order chi connectivity index (χ0) is 44.2. The van der Waals surface area contributed by atoms with Gasteiger partial charge in [0.25, 0.3) is 0 Å². The summed E-state index contributed by atoms with van der Waals surface area (Å²) >= 11 is 1.04. The van der Waals surface area contributed by atoms with Crippen molar-refractivity contribution < 1.29 is 90.4 Å².